The molecule has 2 heteroatoms. The maximum atomic E-state index is 6.38. The summed E-state index contributed by atoms with van der Waals surface area (Å²) >= 11 is -1.72. The van der Waals surface area contributed by atoms with Gasteiger partial charge in [-0.1, -0.05) is 75.4 Å². The van der Waals surface area contributed by atoms with Gasteiger partial charge in [0.25, 0.3) is 0 Å². The molecule has 0 aromatic heterocycles. The Balaban J connectivity index is 1.87. The molecule has 0 N–H and O–H groups in total. The fourth-order valence-electron chi connectivity index (χ4n) is 2.32. The van der Waals surface area contributed by atoms with Crippen LogP contribution in [-0.2, 0) is 3.07 Å². The van der Waals surface area contributed by atoms with E-state index in [0.717, 1.165) is 6.61 Å². The summed E-state index contributed by atoms with van der Waals surface area (Å²) < 4.78 is 9.16. The smallest absolute Gasteiger partial charge is 0.173 e. The van der Waals surface area contributed by atoms with Gasteiger partial charge in [-0.15, -0.1) is 0 Å². The van der Waals surface area contributed by atoms with Gasteiger partial charge in [-0.2, -0.15) is 3.07 Å². The first-order chi connectivity index (χ1) is 10.9. The molecule has 2 aromatic carbocycles. The molecule has 0 aliphatic carbocycles. The predicted molar refractivity (Wildman–Crippen MR) is 89.6 cm³/mol. The van der Waals surface area contributed by atoms with Crippen molar-refractivity contribution in [3.8, 4) is 0 Å². The molecular formula is C20H27IO+. The van der Waals surface area contributed by atoms with Crippen molar-refractivity contribution in [2.45, 2.75) is 45.4 Å². The molecule has 0 heterocycles. The summed E-state index contributed by atoms with van der Waals surface area (Å²) in [4.78, 5) is 0. The lowest BCUT2D eigenvalue weighted by Gasteiger charge is -2.05. The second kappa shape index (κ2) is 10.8. The Kier molecular flexibility index (Phi) is 8.57. The number of rotatable bonds is 10. The Bertz CT molecular complexity index is 458. The molecule has 0 unspecified atom stereocenters. The number of halogens is 1. The zero-order valence-electron chi connectivity index (χ0n) is 13.5. The molecule has 2 rings (SSSR count). The minimum absolute atomic E-state index is 0.904. The molecule has 0 saturated heterocycles. The maximum absolute atomic E-state index is 6.38. The number of hydrogen-bond donors (Lipinski definition) is 0. The third-order valence-corrected chi connectivity index (χ3v) is 8.31. The molecule has 119 valence electrons. The van der Waals surface area contributed by atoms with Crippen LogP contribution in [-0.4, -0.2) is 6.61 Å². The zero-order chi connectivity index (χ0) is 15.5. The molecule has 0 amide bonds. The first kappa shape index (κ1) is 17.5. The van der Waals surface area contributed by atoms with Crippen LogP contribution in [0.15, 0.2) is 60.7 Å². The third-order valence-electron chi connectivity index (χ3n) is 3.55. The summed E-state index contributed by atoms with van der Waals surface area (Å²) in [6.07, 6.45) is 7.89. The SMILES string of the molecule is CCCCCCCCO[I+](c1ccccc1)c1ccccc1. The summed E-state index contributed by atoms with van der Waals surface area (Å²) in [5, 5.41) is 0. The molecule has 0 atom stereocenters. The highest BCUT2D eigenvalue weighted by Crippen LogP contribution is 2.04. The minimum atomic E-state index is -1.72. The molecule has 0 fully saturated rings. The van der Waals surface area contributed by atoms with Crippen molar-refractivity contribution >= 4 is 0 Å². The lowest BCUT2D eigenvalue weighted by molar-refractivity contribution is -1.06. The lowest BCUT2D eigenvalue weighted by Crippen LogP contribution is -3.85. The molecular weight excluding hydrogens is 383 g/mol. The van der Waals surface area contributed by atoms with Crippen molar-refractivity contribution in [2.24, 2.45) is 0 Å². The van der Waals surface area contributed by atoms with Gasteiger partial charge in [0.2, 0.25) is 0 Å². The Hall–Kier alpha value is -0.870. The van der Waals surface area contributed by atoms with E-state index in [2.05, 4.69) is 67.6 Å². The van der Waals surface area contributed by atoms with Crippen molar-refractivity contribution in [1.82, 2.24) is 0 Å². The van der Waals surface area contributed by atoms with Gasteiger partial charge in [-0.05, 0) is 30.7 Å². The van der Waals surface area contributed by atoms with Crippen molar-refractivity contribution < 1.29 is 23.3 Å². The Morgan fingerprint density at radius 3 is 1.73 bits per heavy atom. The quantitative estimate of drug-likeness (QED) is 0.432. The van der Waals surface area contributed by atoms with Gasteiger partial charge in [0.1, 0.15) is 0 Å². The van der Waals surface area contributed by atoms with Gasteiger partial charge >= 0.3 is 20.2 Å². The van der Waals surface area contributed by atoms with Crippen LogP contribution in [0.4, 0.5) is 0 Å². The van der Waals surface area contributed by atoms with Crippen LogP contribution < -0.4 is 20.2 Å². The topological polar surface area (TPSA) is 9.23 Å². The summed E-state index contributed by atoms with van der Waals surface area (Å²) in [5.41, 5.74) is 0. The van der Waals surface area contributed by atoms with Crippen LogP contribution in [0.3, 0.4) is 0 Å². The van der Waals surface area contributed by atoms with Crippen molar-refractivity contribution in [2.75, 3.05) is 6.61 Å². The highest BCUT2D eigenvalue weighted by molar-refractivity contribution is 5.03. The molecule has 0 aliphatic rings. The van der Waals surface area contributed by atoms with Gasteiger partial charge in [-0.25, -0.2) is 0 Å². The van der Waals surface area contributed by atoms with Crippen molar-refractivity contribution in [3.05, 3.63) is 67.8 Å². The normalized spacial score (nSPS) is 11.0. The van der Waals surface area contributed by atoms with E-state index in [9.17, 15) is 0 Å². The molecule has 0 bridgehead atoms. The Morgan fingerprint density at radius 2 is 1.18 bits per heavy atom. The van der Waals surface area contributed by atoms with E-state index in [4.69, 9.17) is 3.07 Å². The largest absolute Gasteiger partial charge is 0.301 e. The second-order valence-corrected chi connectivity index (χ2v) is 9.96. The summed E-state index contributed by atoms with van der Waals surface area (Å²) in [6, 6.07) is 21.5. The van der Waals surface area contributed by atoms with E-state index >= 15 is 0 Å². The first-order valence-corrected chi connectivity index (χ1v) is 11.4. The third kappa shape index (κ3) is 6.09. The number of unbranched alkanes of at least 4 members (excludes halogenated alkanes) is 5. The molecule has 0 spiro atoms. The maximum Gasteiger partial charge on any atom is 0.301 e. The summed E-state index contributed by atoms with van der Waals surface area (Å²) in [5.74, 6) is 0. The second-order valence-electron chi connectivity index (χ2n) is 5.42. The molecule has 0 aliphatic heterocycles. The zero-order valence-corrected chi connectivity index (χ0v) is 15.7. The lowest BCUT2D eigenvalue weighted by atomic mass is 10.1. The average molecular weight is 410 g/mol. The van der Waals surface area contributed by atoms with E-state index in [0.29, 0.717) is 0 Å². The standard InChI is InChI=1S/C20H27IO/c1-2-3-4-5-6-13-18-22-21(19-14-9-7-10-15-19)20-16-11-8-12-17-20/h7-12,14-17H,2-6,13,18H2,1H3/q+1. The molecule has 0 saturated carbocycles. The summed E-state index contributed by atoms with van der Waals surface area (Å²) in [7, 11) is 0. The number of hydrogen-bond acceptors (Lipinski definition) is 1. The highest BCUT2D eigenvalue weighted by Gasteiger charge is 2.29. The van der Waals surface area contributed by atoms with Crippen LogP contribution in [0.2, 0.25) is 0 Å². The van der Waals surface area contributed by atoms with Crippen LogP contribution in [0.1, 0.15) is 45.4 Å². The minimum Gasteiger partial charge on any atom is -0.173 e. The molecule has 1 radical (unpaired) electrons. The highest BCUT2D eigenvalue weighted by atomic mass is 127. The fraction of sp³-hybridized carbons (Fsp3) is 0.400. The van der Waals surface area contributed by atoms with Gasteiger partial charge in [-0.3, -0.25) is 0 Å². The predicted octanol–water partition coefficient (Wildman–Crippen LogP) is 2.64. The van der Waals surface area contributed by atoms with E-state index in [1.54, 1.807) is 0 Å². The van der Waals surface area contributed by atoms with E-state index < -0.39 is 20.2 Å². The monoisotopic (exact) mass is 410 g/mol. The van der Waals surface area contributed by atoms with Crippen molar-refractivity contribution in [1.29, 1.82) is 0 Å². The van der Waals surface area contributed by atoms with Crippen LogP contribution in [0, 0.1) is 7.14 Å². The van der Waals surface area contributed by atoms with Gasteiger partial charge in [0, 0.05) is 0 Å². The van der Waals surface area contributed by atoms with E-state index in [1.165, 1.54) is 45.7 Å². The summed E-state index contributed by atoms with van der Waals surface area (Å²) in [6.45, 7) is 3.17. The number of benzene rings is 2. The van der Waals surface area contributed by atoms with Crippen molar-refractivity contribution in [3.63, 3.8) is 0 Å². The van der Waals surface area contributed by atoms with Gasteiger partial charge < -0.3 is 0 Å². The first-order valence-electron chi connectivity index (χ1n) is 8.35. The Labute approximate surface area is 143 Å². The molecule has 2 aromatic rings. The van der Waals surface area contributed by atoms with E-state index in [-0.39, 0.29) is 0 Å². The van der Waals surface area contributed by atoms with E-state index in [1.807, 2.05) is 0 Å². The average Bonchev–Trinajstić information content (AvgIpc) is 2.59. The van der Waals surface area contributed by atoms with Gasteiger partial charge in [0.15, 0.2) is 7.14 Å². The fourth-order valence-corrected chi connectivity index (χ4v) is 6.65. The Morgan fingerprint density at radius 1 is 0.682 bits per heavy atom. The van der Waals surface area contributed by atoms with Crippen LogP contribution >= 0.6 is 0 Å². The molecule has 22 heavy (non-hydrogen) atoms. The van der Waals surface area contributed by atoms with Gasteiger partial charge in [0.05, 0.1) is 6.61 Å². The van der Waals surface area contributed by atoms with Crippen LogP contribution in [0.25, 0.3) is 0 Å². The molecule has 1 nitrogen and oxygen atoms in total. The van der Waals surface area contributed by atoms with Crippen LogP contribution in [0.5, 0.6) is 0 Å².